The molecule has 2 aliphatic heterocycles. The molecule has 3 aliphatic rings. The third-order valence-electron chi connectivity index (χ3n) is 9.35. The third kappa shape index (κ3) is 7.28. The molecule has 5 N–H and O–H groups in total. The molecule has 5 rings (SSSR count). The van der Waals surface area contributed by atoms with E-state index in [-0.39, 0.29) is 17.8 Å². The first-order valence-electron chi connectivity index (χ1n) is 15.5. The van der Waals surface area contributed by atoms with Crippen molar-refractivity contribution in [2.24, 2.45) is 5.73 Å². The Hall–Kier alpha value is -2.95. The molecule has 2 aromatic rings. The SMILES string of the molecule is CCc1nc(C(N)=O)c(Nc2cccc(N3CCC(N(C)C4CCN(C)CC4)CC3)c2)nc1NC1CCC(O)CC1. The number of aliphatic hydroxyl groups is 1. The molecule has 41 heavy (non-hydrogen) atoms. The lowest BCUT2D eigenvalue weighted by Crippen LogP contribution is -2.50. The number of rotatable bonds is 9. The van der Waals surface area contributed by atoms with Crippen LogP contribution in [0.2, 0.25) is 0 Å². The fourth-order valence-corrected chi connectivity index (χ4v) is 6.65. The standard InChI is InChI=1S/C31H48N8O2/c1-4-27-30(33-21-8-10-26(40)11-9-21)36-31(28(35-27)29(32)41)34-22-6-5-7-25(20-22)39-18-14-24(15-19-39)38(3)23-12-16-37(2)17-13-23/h5-7,20-21,23-24,26,40H,4,8-19H2,1-3H3,(H2,32,41)(H2,33,34,36). The van der Waals surface area contributed by atoms with Crippen molar-refractivity contribution in [1.29, 1.82) is 0 Å². The zero-order valence-electron chi connectivity index (χ0n) is 25.0. The summed E-state index contributed by atoms with van der Waals surface area (Å²) >= 11 is 0. The Morgan fingerprint density at radius 1 is 1.00 bits per heavy atom. The fraction of sp³-hybridized carbons (Fsp3) is 0.645. The lowest BCUT2D eigenvalue weighted by Gasteiger charge is -2.43. The molecular formula is C31H48N8O2. The molecule has 0 atom stereocenters. The van der Waals surface area contributed by atoms with Crippen LogP contribution < -0.4 is 21.3 Å². The number of hydrogen-bond acceptors (Lipinski definition) is 9. The molecule has 0 bridgehead atoms. The van der Waals surface area contributed by atoms with E-state index in [1.165, 1.54) is 25.9 Å². The quantitative estimate of drug-likeness (QED) is 0.362. The molecule has 1 aromatic carbocycles. The van der Waals surface area contributed by atoms with Gasteiger partial charge in [0.2, 0.25) is 0 Å². The largest absolute Gasteiger partial charge is 0.393 e. The van der Waals surface area contributed by atoms with Gasteiger partial charge in [-0.05, 0) is 103 Å². The van der Waals surface area contributed by atoms with Crippen LogP contribution in [-0.4, -0.2) is 95.3 Å². The van der Waals surface area contributed by atoms with Crippen LogP contribution in [0.5, 0.6) is 0 Å². The van der Waals surface area contributed by atoms with Gasteiger partial charge in [0.15, 0.2) is 11.5 Å². The summed E-state index contributed by atoms with van der Waals surface area (Å²) in [7, 11) is 4.54. The van der Waals surface area contributed by atoms with E-state index in [1.807, 2.05) is 19.1 Å². The average molecular weight is 565 g/mol. The Bertz CT molecular complexity index is 1170. The summed E-state index contributed by atoms with van der Waals surface area (Å²) in [6.07, 6.45) is 8.53. The molecular weight excluding hydrogens is 516 g/mol. The van der Waals surface area contributed by atoms with E-state index in [4.69, 9.17) is 10.7 Å². The van der Waals surface area contributed by atoms with Crippen molar-refractivity contribution in [1.82, 2.24) is 19.8 Å². The number of hydrogen-bond donors (Lipinski definition) is 4. The molecule has 2 saturated heterocycles. The number of nitrogens with zero attached hydrogens (tertiary/aromatic N) is 5. The van der Waals surface area contributed by atoms with Crippen molar-refractivity contribution < 1.29 is 9.90 Å². The highest BCUT2D eigenvalue weighted by Gasteiger charge is 2.29. The number of amides is 1. The molecule has 10 nitrogen and oxygen atoms in total. The van der Waals surface area contributed by atoms with E-state index in [9.17, 15) is 9.90 Å². The van der Waals surface area contributed by atoms with Gasteiger partial charge in [-0.3, -0.25) is 4.79 Å². The van der Waals surface area contributed by atoms with Gasteiger partial charge >= 0.3 is 0 Å². The number of likely N-dealkylation sites (tertiary alicyclic amines) is 1. The van der Waals surface area contributed by atoms with Crippen molar-refractivity contribution in [3.05, 3.63) is 35.7 Å². The highest BCUT2D eigenvalue weighted by atomic mass is 16.3. The number of benzene rings is 1. The molecule has 1 aliphatic carbocycles. The summed E-state index contributed by atoms with van der Waals surface area (Å²) in [6.45, 7) is 6.42. The lowest BCUT2D eigenvalue weighted by molar-refractivity contribution is 0.0947. The van der Waals surface area contributed by atoms with Gasteiger partial charge in [-0.2, -0.15) is 0 Å². The number of primary amides is 1. The summed E-state index contributed by atoms with van der Waals surface area (Å²) in [5.74, 6) is 0.436. The number of piperidine rings is 2. The second-order valence-electron chi connectivity index (χ2n) is 12.2. The second-order valence-corrected chi connectivity index (χ2v) is 12.2. The number of nitrogens with two attached hydrogens (primary N) is 1. The first-order valence-corrected chi connectivity index (χ1v) is 15.5. The molecule has 0 unspecified atom stereocenters. The lowest BCUT2D eigenvalue weighted by atomic mass is 9.93. The number of aliphatic hydroxyl groups excluding tert-OH is 1. The minimum atomic E-state index is -0.603. The van der Waals surface area contributed by atoms with Crippen molar-refractivity contribution in [3.63, 3.8) is 0 Å². The van der Waals surface area contributed by atoms with Crippen LogP contribution >= 0.6 is 0 Å². The van der Waals surface area contributed by atoms with Crippen molar-refractivity contribution >= 4 is 28.9 Å². The summed E-state index contributed by atoms with van der Waals surface area (Å²) in [5.41, 5.74) is 8.62. The fourth-order valence-electron chi connectivity index (χ4n) is 6.65. The number of aryl methyl sites for hydroxylation is 1. The minimum absolute atomic E-state index is 0.148. The van der Waals surface area contributed by atoms with Crippen LogP contribution in [0.3, 0.4) is 0 Å². The number of aromatic nitrogens is 2. The summed E-state index contributed by atoms with van der Waals surface area (Å²) in [5, 5.41) is 16.8. The molecule has 0 radical (unpaired) electrons. The number of nitrogens with one attached hydrogen (secondary N) is 2. The monoisotopic (exact) mass is 564 g/mol. The number of carbonyl (C=O) groups is 1. The summed E-state index contributed by atoms with van der Waals surface area (Å²) in [6, 6.07) is 9.84. The van der Waals surface area contributed by atoms with E-state index in [0.29, 0.717) is 30.1 Å². The van der Waals surface area contributed by atoms with E-state index < -0.39 is 5.91 Å². The zero-order valence-corrected chi connectivity index (χ0v) is 25.0. The molecule has 1 aromatic heterocycles. The van der Waals surface area contributed by atoms with Gasteiger partial charge < -0.3 is 36.2 Å². The van der Waals surface area contributed by atoms with Gasteiger partial charge in [0.25, 0.3) is 5.91 Å². The van der Waals surface area contributed by atoms with Crippen LogP contribution in [0, 0.1) is 0 Å². The van der Waals surface area contributed by atoms with E-state index in [1.54, 1.807) is 0 Å². The Morgan fingerprint density at radius 3 is 2.29 bits per heavy atom. The van der Waals surface area contributed by atoms with Crippen LogP contribution in [-0.2, 0) is 6.42 Å². The Balaban J connectivity index is 1.26. The highest BCUT2D eigenvalue weighted by Crippen LogP contribution is 2.30. The van der Waals surface area contributed by atoms with Gasteiger partial charge in [0.1, 0.15) is 5.82 Å². The minimum Gasteiger partial charge on any atom is -0.393 e. The van der Waals surface area contributed by atoms with E-state index in [0.717, 1.165) is 68.7 Å². The summed E-state index contributed by atoms with van der Waals surface area (Å²) < 4.78 is 0. The number of carbonyl (C=O) groups excluding carboxylic acids is 1. The Morgan fingerprint density at radius 2 is 1.66 bits per heavy atom. The molecule has 0 spiro atoms. The summed E-state index contributed by atoms with van der Waals surface area (Å²) in [4.78, 5) is 29.3. The topological polar surface area (TPSA) is 123 Å². The molecule has 3 fully saturated rings. The van der Waals surface area contributed by atoms with Gasteiger partial charge in [-0.25, -0.2) is 9.97 Å². The smallest absolute Gasteiger partial charge is 0.271 e. The Labute approximate surface area is 244 Å². The first kappa shape index (κ1) is 29.5. The van der Waals surface area contributed by atoms with Gasteiger partial charge in [-0.15, -0.1) is 0 Å². The average Bonchev–Trinajstić information content (AvgIpc) is 2.98. The Kier molecular flexibility index (Phi) is 9.62. The van der Waals surface area contributed by atoms with E-state index >= 15 is 0 Å². The number of anilines is 4. The molecule has 3 heterocycles. The van der Waals surface area contributed by atoms with Gasteiger partial charge in [0.05, 0.1) is 11.8 Å². The normalized spacial score (nSPS) is 23.1. The third-order valence-corrected chi connectivity index (χ3v) is 9.35. The predicted octanol–water partition coefficient (Wildman–Crippen LogP) is 3.59. The maximum Gasteiger partial charge on any atom is 0.271 e. The van der Waals surface area contributed by atoms with E-state index in [2.05, 4.69) is 56.5 Å². The molecule has 10 heteroatoms. The van der Waals surface area contributed by atoms with Crippen LogP contribution in [0.25, 0.3) is 0 Å². The van der Waals surface area contributed by atoms with Crippen molar-refractivity contribution in [2.45, 2.75) is 88.9 Å². The van der Waals surface area contributed by atoms with Crippen molar-refractivity contribution in [3.8, 4) is 0 Å². The van der Waals surface area contributed by atoms with Crippen LogP contribution in [0.4, 0.5) is 23.0 Å². The van der Waals surface area contributed by atoms with Gasteiger partial charge in [-0.1, -0.05) is 13.0 Å². The molecule has 1 amide bonds. The highest BCUT2D eigenvalue weighted by molar-refractivity contribution is 5.96. The molecule has 1 saturated carbocycles. The van der Waals surface area contributed by atoms with Gasteiger partial charge in [0, 0.05) is 42.6 Å². The second kappa shape index (κ2) is 13.4. The predicted molar refractivity (Wildman–Crippen MR) is 165 cm³/mol. The van der Waals surface area contributed by atoms with Crippen LogP contribution in [0.15, 0.2) is 24.3 Å². The van der Waals surface area contributed by atoms with Crippen molar-refractivity contribution in [2.75, 3.05) is 55.8 Å². The molecule has 224 valence electrons. The maximum atomic E-state index is 12.4. The maximum absolute atomic E-state index is 12.4. The zero-order chi connectivity index (χ0) is 28.9. The first-order chi connectivity index (χ1) is 19.8. The van der Waals surface area contributed by atoms with Crippen LogP contribution in [0.1, 0.15) is 74.5 Å².